The van der Waals surface area contributed by atoms with Gasteiger partial charge in [-0.05, 0) is 18.4 Å². The molecule has 4 heteroatoms. The maximum absolute atomic E-state index is 10.1. The molecule has 0 fully saturated rings. The van der Waals surface area contributed by atoms with E-state index < -0.39 is 12.0 Å². The van der Waals surface area contributed by atoms with Crippen LogP contribution in [0.15, 0.2) is 0 Å². The van der Waals surface area contributed by atoms with E-state index in [0.717, 1.165) is 5.75 Å². The first-order valence-corrected chi connectivity index (χ1v) is 4.05. The molecule has 0 unspecified atom stereocenters. The number of hydrogen-bond acceptors (Lipinski definition) is 3. The molecule has 0 aromatic rings. The third-order valence-corrected chi connectivity index (χ3v) is 1.59. The molecule has 0 aliphatic heterocycles. The van der Waals surface area contributed by atoms with Crippen molar-refractivity contribution in [2.75, 3.05) is 12.0 Å². The fourth-order valence-electron chi connectivity index (χ4n) is 0.368. The lowest BCUT2D eigenvalue weighted by Crippen LogP contribution is -2.30. The Morgan fingerprint density at radius 2 is 2.44 bits per heavy atom. The van der Waals surface area contributed by atoms with Gasteiger partial charge in [-0.2, -0.15) is 11.8 Å². The van der Waals surface area contributed by atoms with Crippen molar-refractivity contribution in [3.05, 3.63) is 0 Å². The molecule has 3 nitrogen and oxygen atoms in total. The van der Waals surface area contributed by atoms with Crippen LogP contribution in [0.25, 0.3) is 0 Å². The maximum atomic E-state index is 10.1. The lowest BCUT2D eigenvalue weighted by Gasteiger charge is -2.02. The molecule has 0 amide bonds. The number of carboxylic acids is 1. The molecule has 3 N–H and O–H groups in total. The van der Waals surface area contributed by atoms with Gasteiger partial charge in [0.05, 0.1) is 0 Å². The van der Waals surface area contributed by atoms with Crippen molar-refractivity contribution in [2.24, 2.45) is 5.73 Å². The Morgan fingerprint density at radius 3 is 2.78 bits per heavy atom. The van der Waals surface area contributed by atoms with Crippen LogP contribution >= 0.6 is 11.8 Å². The molecule has 0 bridgehead atoms. The monoisotopic (exact) mass is 155 g/mol. The van der Waals surface area contributed by atoms with Crippen molar-refractivity contribution in [3.63, 3.8) is 0 Å². The van der Waals surface area contributed by atoms with Crippen molar-refractivity contribution < 1.29 is 9.90 Å². The van der Waals surface area contributed by atoms with Gasteiger partial charge >= 0.3 is 5.97 Å². The largest absolute Gasteiger partial charge is 0.480 e. The van der Waals surface area contributed by atoms with E-state index in [1.807, 2.05) is 6.26 Å². The number of rotatable bonds is 4. The molecule has 0 saturated heterocycles. The van der Waals surface area contributed by atoms with Crippen molar-refractivity contribution >= 4 is 17.7 Å². The topological polar surface area (TPSA) is 63.3 Å². The zero-order valence-corrected chi connectivity index (χ0v) is 6.15. The molecule has 0 aliphatic carbocycles. The molecule has 0 rings (SSSR count). The number of hydrogen-bond donors (Lipinski definition) is 2. The van der Waals surface area contributed by atoms with Crippen LogP contribution in [0.4, 0.5) is 0 Å². The molecule has 0 radical (unpaired) electrons. The van der Waals surface area contributed by atoms with Crippen LogP contribution in [0.3, 0.4) is 0 Å². The smallest absolute Gasteiger partial charge is 0.320 e. The summed E-state index contributed by atoms with van der Waals surface area (Å²) in [6, 6.07) is -0.683. The molecule has 1 atom stereocenters. The van der Waals surface area contributed by atoms with Gasteiger partial charge in [0.25, 0.3) is 0 Å². The number of carboxylic acid groups (broad SMARTS) is 1. The van der Waals surface area contributed by atoms with E-state index in [9.17, 15) is 4.79 Å². The van der Waals surface area contributed by atoms with Gasteiger partial charge in [-0.3, -0.25) is 4.79 Å². The highest BCUT2D eigenvalue weighted by Crippen LogP contribution is 1.97. The number of carbonyl (C=O) groups is 1. The quantitative estimate of drug-likeness (QED) is 0.448. The van der Waals surface area contributed by atoms with Crippen LogP contribution in [0, 0.1) is 0 Å². The second kappa shape index (κ2) is 4.64. The van der Waals surface area contributed by atoms with E-state index in [2.05, 4.69) is 0 Å². The molecule has 9 heavy (non-hydrogen) atoms. The first-order valence-electron chi connectivity index (χ1n) is 2.65. The summed E-state index contributed by atoms with van der Waals surface area (Å²) in [6.45, 7) is 0. The molecule has 0 saturated carbocycles. The fraction of sp³-hybridized carbons (Fsp3) is 0.800. The van der Waals surface area contributed by atoms with Crippen LogP contribution in [0.5, 0.6) is 0 Å². The lowest BCUT2D eigenvalue weighted by molar-refractivity contribution is -0.138. The molecular formula is C5H11NO2S. The van der Waals surface area contributed by atoms with Gasteiger partial charge < -0.3 is 10.8 Å². The first-order chi connectivity index (χ1) is 4.18. The third-order valence-electron chi connectivity index (χ3n) is 0.950. The molecule has 54 valence electrons. The van der Waals surface area contributed by atoms with E-state index in [0.29, 0.717) is 6.42 Å². The second-order valence-corrected chi connectivity index (χ2v) is 2.71. The third kappa shape index (κ3) is 4.29. The Kier molecular flexibility index (Phi) is 4.53. The van der Waals surface area contributed by atoms with Crippen LogP contribution in [-0.2, 0) is 4.79 Å². The van der Waals surface area contributed by atoms with Gasteiger partial charge in [-0.25, -0.2) is 0 Å². The van der Waals surface area contributed by atoms with Crippen LogP contribution in [0.2, 0.25) is 0 Å². The number of nitrogens with two attached hydrogens (primary N) is 1. The van der Waals surface area contributed by atoms with Crippen molar-refractivity contribution in [3.8, 4) is 0 Å². The molecule has 0 aromatic carbocycles. The summed E-state index contributed by atoms with van der Waals surface area (Å²) in [5.74, 6) is -0.1000. The Bertz CT molecular complexity index is 97.0. The minimum Gasteiger partial charge on any atom is -0.480 e. The Labute approximate surface area is 58.6 Å². The van der Waals surface area contributed by atoms with Gasteiger partial charge in [-0.15, -0.1) is 0 Å². The van der Waals surface area contributed by atoms with Gasteiger partial charge in [0.2, 0.25) is 0 Å². The minimum atomic E-state index is -0.913. The Hall–Kier alpha value is -0.220. The molecule has 0 spiro atoms. The van der Waals surface area contributed by atoms with E-state index in [4.69, 9.17) is 10.8 Å². The summed E-state index contributed by atoms with van der Waals surface area (Å²) in [5, 5.41) is 8.27. The second-order valence-electron chi connectivity index (χ2n) is 1.73. The summed E-state index contributed by atoms with van der Waals surface area (Å²) >= 11 is 1.60. The summed E-state index contributed by atoms with van der Waals surface area (Å²) in [4.78, 5) is 10.1. The van der Waals surface area contributed by atoms with E-state index in [1.54, 1.807) is 11.8 Å². The predicted molar refractivity (Wildman–Crippen MR) is 38.6 cm³/mol. The van der Waals surface area contributed by atoms with E-state index in [1.165, 1.54) is 0 Å². The zero-order valence-electron chi connectivity index (χ0n) is 5.33. The Morgan fingerprint density at radius 1 is 1.89 bits per heavy atom. The number of aliphatic carboxylic acids is 1. The van der Waals surface area contributed by atoms with E-state index >= 15 is 0 Å². The highest BCUT2D eigenvalue weighted by molar-refractivity contribution is 7.98. The maximum Gasteiger partial charge on any atom is 0.320 e. The average molecular weight is 155 g/mol. The van der Waals surface area contributed by atoms with Crippen molar-refractivity contribution in [1.82, 2.24) is 0 Å². The van der Waals surface area contributed by atoms with Crippen LogP contribution in [0.1, 0.15) is 6.42 Å². The van der Waals surface area contributed by atoms with Crippen molar-refractivity contribution in [1.29, 1.82) is 0 Å². The lowest BCUT2D eigenvalue weighted by atomic mass is 11.2. The zero-order chi connectivity index (χ0) is 7.28. The summed E-state index contributed by atoms with van der Waals surface area (Å²) in [7, 11) is 0. The van der Waals surface area contributed by atoms with Crippen molar-refractivity contribution in [2.45, 2.75) is 12.5 Å². The van der Waals surface area contributed by atoms with E-state index in [-0.39, 0.29) is 0 Å². The average Bonchev–Trinajstić information content (AvgIpc) is 1.82. The molecule has 0 aliphatic rings. The molecule has 0 aromatic heterocycles. The first kappa shape index (κ1) is 8.78. The van der Waals surface area contributed by atoms with Crippen LogP contribution in [-0.4, -0.2) is 29.1 Å². The molecular weight excluding hydrogens is 144 g/mol. The van der Waals surface area contributed by atoms with Crippen LogP contribution < -0.4 is 5.73 Å². The fourth-order valence-corrected chi connectivity index (χ4v) is 0.858. The highest BCUT2D eigenvalue weighted by Gasteiger charge is 2.08. The van der Waals surface area contributed by atoms with Gasteiger partial charge in [0.1, 0.15) is 6.04 Å². The normalized spacial score (nSPS) is 13.1. The predicted octanol–water partition coefficient (Wildman–Crippen LogP) is 0.151. The standard InChI is InChI=1S/C5H11NO2S/c1-9-3-2-4(6)5(7)8/h4H,2-3,6H2,1H3,(H,7,8)/t4-/m0/s1/i1+1,2+1,3+1,4+1,5+1,6+1. The highest BCUT2D eigenvalue weighted by atomic mass is 32.2. The minimum absolute atomic E-state index is 0.552. The summed E-state index contributed by atoms with van der Waals surface area (Å²) < 4.78 is 0. The van der Waals surface area contributed by atoms with Gasteiger partial charge in [-0.1, -0.05) is 0 Å². The number of thioether (sulfide) groups is 1. The van der Waals surface area contributed by atoms with Gasteiger partial charge in [0, 0.05) is 0 Å². The summed E-state index contributed by atoms with van der Waals surface area (Å²) in [5.41, 5.74) is 5.19. The Balaban J connectivity index is 3.27. The van der Waals surface area contributed by atoms with Gasteiger partial charge in [0.15, 0.2) is 0 Å². The summed E-state index contributed by atoms with van der Waals surface area (Å²) in [6.07, 6.45) is 2.48. The SMILES string of the molecule is [13CH3]S[13CH2][13CH2][13C@H]([15NH2])[13C](=O)O. The molecule has 0 heterocycles.